The lowest BCUT2D eigenvalue weighted by atomic mass is 9.78. The molecule has 0 N–H and O–H groups in total. The Hall–Kier alpha value is -3.40. The molecule has 0 spiro atoms. The Bertz CT molecular complexity index is 1300. The Morgan fingerprint density at radius 1 is 0.771 bits per heavy atom. The zero-order valence-corrected chi connectivity index (χ0v) is 21.4. The highest BCUT2D eigenvalue weighted by atomic mass is 16.5. The van der Waals surface area contributed by atoms with Gasteiger partial charge in [0, 0.05) is 24.3 Å². The molecule has 1 atom stereocenters. The molecule has 0 aromatic heterocycles. The van der Waals surface area contributed by atoms with Crippen molar-refractivity contribution in [2.75, 3.05) is 4.90 Å². The van der Waals surface area contributed by atoms with E-state index in [-0.39, 0.29) is 23.7 Å². The van der Waals surface area contributed by atoms with Crippen LogP contribution in [0.3, 0.4) is 0 Å². The van der Waals surface area contributed by atoms with E-state index in [2.05, 4.69) is 45.0 Å². The summed E-state index contributed by atoms with van der Waals surface area (Å²) in [5.41, 5.74) is 7.69. The summed E-state index contributed by atoms with van der Waals surface area (Å²) in [4.78, 5) is 28.4. The summed E-state index contributed by atoms with van der Waals surface area (Å²) in [7, 11) is 0. The molecule has 2 aliphatic rings. The van der Waals surface area contributed by atoms with E-state index in [1.807, 2.05) is 51.1 Å². The second kappa shape index (κ2) is 8.37. The van der Waals surface area contributed by atoms with Crippen LogP contribution >= 0.6 is 0 Å². The van der Waals surface area contributed by atoms with Gasteiger partial charge in [-0.25, -0.2) is 4.90 Å². The van der Waals surface area contributed by atoms with Crippen molar-refractivity contribution in [1.29, 1.82) is 0 Å². The van der Waals surface area contributed by atoms with Crippen molar-refractivity contribution in [3.63, 3.8) is 0 Å². The van der Waals surface area contributed by atoms with Crippen molar-refractivity contribution in [3.05, 3.63) is 93.5 Å². The number of carbonyl (C=O) groups is 2. The van der Waals surface area contributed by atoms with Gasteiger partial charge in [-0.3, -0.25) is 9.59 Å². The maximum Gasteiger partial charge on any atom is 0.234 e. The Morgan fingerprint density at radius 2 is 1.37 bits per heavy atom. The molecule has 0 saturated carbocycles. The lowest BCUT2D eigenvalue weighted by Crippen LogP contribution is -2.43. The fraction of sp³-hybridized carbons (Fsp3) is 0.355. The van der Waals surface area contributed by atoms with Gasteiger partial charge in [0.25, 0.3) is 0 Å². The fourth-order valence-corrected chi connectivity index (χ4v) is 5.97. The molecule has 35 heavy (non-hydrogen) atoms. The molecule has 5 rings (SSSR count). The Kier molecular flexibility index (Phi) is 5.58. The van der Waals surface area contributed by atoms with Crippen LogP contribution in [0.25, 0.3) is 0 Å². The summed E-state index contributed by atoms with van der Waals surface area (Å²) >= 11 is 0. The van der Waals surface area contributed by atoms with Crippen LogP contribution in [0.5, 0.6) is 5.75 Å². The van der Waals surface area contributed by atoms with Gasteiger partial charge in [-0.15, -0.1) is 0 Å². The van der Waals surface area contributed by atoms with Gasteiger partial charge >= 0.3 is 0 Å². The van der Waals surface area contributed by atoms with Crippen molar-refractivity contribution < 1.29 is 14.3 Å². The maximum absolute atomic E-state index is 13.5. The molecular formula is C31H33NO3. The summed E-state index contributed by atoms with van der Waals surface area (Å²) in [6, 6.07) is 18.5. The maximum atomic E-state index is 13.5. The van der Waals surface area contributed by atoms with E-state index in [1.54, 1.807) is 0 Å². The van der Waals surface area contributed by atoms with Crippen LogP contribution in [0.15, 0.2) is 54.6 Å². The van der Waals surface area contributed by atoms with Crippen LogP contribution in [-0.2, 0) is 9.59 Å². The normalized spacial score (nSPS) is 19.6. The number of rotatable bonds is 3. The van der Waals surface area contributed by atoms with E-state index < -0.39 is 5.60 Å². The van der Waals surface area contributed by atoms with Gasteiger partial charge in [0.15, 0.2) is 0 Å². The van der Waals surface area contributed by atoms with Crippen molar-refractivity contribution in [2.24, 2.45) is 0 Å². The van der Waals surface area contributed by atoms with Gasteiger partial charge in [-0.05, 0) is 69.4 Å². The average molecular weight is 468 g/mol. The Morgan fingerprint density at radius 3 is 1.97 bits per heavy atom. The smallest absolute Gasteiger partial charge is 0.234 e. The number of benzene rings is 3. The third kappa shape index (κ3) is 3.76. The first kappa shape index (κ1) is 23.3. The third-order valence-electron chi connectivity index (χ3n) is 7.86. The quantitative estimate of drug-likeness (QED) is 0.405. The zero-order valence-electron chi connectivity index (χ0n) is 21.4. The standard InChI is InChI=1S/C31H33NO3/c1-18-12-14-23(15-13-18)28-27-21(4)29(19(2)20(3)30(27)35-31(28,5)6)32-25(33)16-24(17-26(32)34)22-10-8-7-9-11-22/h7-15,24,28H,16-17H2,1-6H3. The first-order chi connectivity index (χ1) is 16.6. The van der Waals surface area contributed by atoms with Gasteiger partial charge in [0.05, 0.1) is 11.6 Å². The van der Waals surface area contributed by atoms with E-state index in [9.17, 15) is 9.59 Å². The van der Waals surface area contributed by atoms with Crippen LogP contribution in [0.2, 0.25) is 0 Å². The molecule has 2 aliphatic heterocycles. The number of piperidine rings is 1. The number of nitrogens with zero attached hydrogens (tertiary/aromatic N) is 1. The monoisotopic (exact) mass is 467 g/mol. The SMILES string of the molecule is Cc1ccc(C2c3c(C)c(N4C(=O)CC(c5ccccc5)CC4=O)c(C)c(C)c3OC2(C)C)cc1. The largest absolute Gasteiger partial charge is 0.486 e. The predicted octanol–water partition coefficient (Wildman–Crippen LogP) is 6.66. The van der Waals surface area contributed by atoms with Crippen molar-refractivity contribution in [3.8, 4) is 5.75 Å². The molecule has 1 unspecified atom stereocenters. The number of hydrogen-bond acceptors (Lipinski definition) is 3. The van der Waals surface area contributed by atoms with E-state index >= 15 is 0 Å². The van der Waals surface area contributed by atoms with Gasteiger partial charge in [-0.1, -0.05) is 60.2 Å². The molecule has 2 amide bonds. The summed E-state index contributed by atoms with van der Waals surface area (Å²) in [5, 5.41) is 0. The fourth-order valence-electron chi connectivity index (χ4n) is 5.97. The Labute approximate surface area is 207 Å². The molecule has 3 aromatic rings. The topological polar surface area (TPSA) is 46.6 Å². The number of imide groups is 1. The molecule has 0 radical (unpaired) electrons. The van der Waals surface area contributed by atoms with Gasteiger partial charge < -0.3 is 4.74 Å². The number of aryl methyl sites for hydroxylation is 1. The van der Waals surface area contributed by atoms with Crippen molar-refractivity contribution in [2.45, 2.75) is 71.8 Å². The van der Waals surface area contributed by atoms with Crippen LogP contribution in [0, 0.1) is 27.7 Å². The Balaban J connectivity index is 1.61. The number of carbonyl (C=O) groups excluding carboxylic acids is 2. The molecule has 1 fully saturated rings. The third-order valence-corrected chi connectivity index (χ3v) is 7.86. The number of fused-ring (bicyclic) bond motifs is 1. The lowest BCUT2D eigenvalue weighted by Gasteiger charge is -2.33. The minimum Gasteiger partial charge on any atom is -0.486 e. The predicted molar refractivity (Wildman–Crippen MR) is 139 cm³/mol. The highest BCUT2D eigenvalue weighted by molar-refractivity contribution is 6.18. The van der Waals surface area contributed by atoms with Crippen LogP contribution in [-0.4, -0.2) is 17.4 Å². The summed E-state index contributed by atoms with van der Waals surface area (Å²) in [6.45, 7) is 12.4. The van der Waals surface area contributed by atoms with Gasteiger partial charge in [-0.2, -0.15) is 0 Å². The highest BCUT2D eigenvalue weighted by Gasteiger charge is 2.46. The summed E-state index contributed by atoms with van der Waals surface area (Å²) < 4.78 is 6.57. The summed E-state index contributed by atoms with van der Waals surface area (Å²) in [5.74, 6) is 0.546. The minimum absolute atomic E-state index is 0.00297. The zero-order chi connectivity index (χ0) is 25.1. The number of anilines is 1. The lowest BCUT2D eigenvalue weighted by molar-refractivity contribution is -0.129. The summed E-state index contributed by atoms with van der Waals surface area (Å²) in [6.07, 6.45) is 0.655. The first-order valence-electron chi connectivity index (χ1n) is 12.4. The average Bonchev–Trinajstić information content (AvgIpc) is 3.11. The van der Waals surface area contributed by atoms with Crippen LogP contribution in [0.4, 0.5) is 5.69 Å². The van der Waals surface area contributed by atoms with E-state index in [0.717, 1.165) is 39.3 Å². The van der Waals surface area contributed by atoms with E-state index in [0.29, 0.717) is 12.8 Å². The molecule has 4 nitrogen and oxygen atoms in total. The molecule has 3 aromatic carbocycles. The van der Waals surface area contributed by atoms with Crippen LogP contribution < -0.4 is 9.64 Å². The molecular weight excluding hydrogens is 434 g/mol. The molecule has 2 heterocycles. The molecule has 0 aliphatic carbocycles. The number of amides is 2. The molecule has 0 bridgehead atoms. The van der Waals surface area contributed by atoms with Crippen molar-refractivity contribution >= 4 is 17.5 Å². The minimum atomic E-state index is -0.452. The van der Waals surface area contributed by atoms with Gasteiger partial charge in [0.1, 0.15) is 11.4 Å². The van der Waals surface area contributed by atoms with E-state index in [4.69, 9.17) is 4.74 Å². The second-order valence-corrected chi connectivity index (χ2v) is 10.7. The number of hydrogen-bond donors (Lipinski definition) is 0. The number of ether oxygens (including phenoxy) is 1. The van der Waals surface area contributed by atoms with Gasteiger partial charge in [0.2, 0.25) is 11.8 Å². The molecule has 4 heteroatoms. The second-order valence-electron chi connectivity index (χ2n) is 10.7. The molecule has 1 saturated heterocycles. The first-order valence-corrected chi connectivity index (χ1v) is 12.4. The van der Waals surface area contributed by atoms with E-state index in [1.165, 1.54) is 16.0 Å². The molecule has 180 valence electrons. The van der Waals surface area contributed by atoms with Crippen molar-refractivity contribution in [1.82, 2.24) is 0 Å². The van der Waals surface area contributed by atoms with Crippen LogP contribution in [0.1, 0.15) is 77.5 Å². The highest BCUT2D eigenvalue weighted by Crippen LogP contribution is 2.54.